The van der Waals surface area contributed by atoms with Crippen molar-refractivity contribution in [2.24, 2.45) is 0 Å². The first-order valence-corrected chi connectivity index (χ1v) is 8.95. The highest BCUT2D eigenvalue weighted by Gasteiger charge is 2.32. The van der Waals surface area contributed by atoms with Crippen LogP contribution in [0.15, 0.2) is 42.0 Å². The number of anilines is 1. The Morgan fingerprint density at radius 2 is 1.88 bits per heavy atom. The van der Waals surface area contributed by atoms with E-state index in [0.29, 0.717) is 5.57 Å². The van der Waals surface area contributed by atoms with Crippen LogP contribution in [0, 0.1) is 0 Å². The van der Waals surface area contributed by atoms with Crippen molar-refractivity contribution >= 4 is 17.6 Å². The number of hydrogen-bond acceptors (Lipinski definition) is 3. The van der Waals surface area contributed by atoms with Gasteiger partial charge in [-0.25, -0.2) is 4.79 Å². The van der Waals surface area contributed by atoms with Gasteiger partial charge in [0.05, 0.1) is 11.6 Å². The third-order valence-corrected chi connectivity index (χ3v) is 5.37. The molecule has 25 heavy (non-hydrogen) atoms. The highest BCUT2D eigenvalue weighted by Crippen LogP contribution is 2.34. The molecular weight excluding hydrogens is 316 g/mol. The Kier molecular flexibility index (Phi) is 4.07. The van der Waals surface area contributed by atoms with Crippen molar-refractivity contribution in [3.8, 4) is 0 Å². The molecule has 0 saturated carbocycles. The molecule has 1 aromatic rings. The SMILES string of the molecule is O=C(O)C1=CC=CC1N1CCc2cc(C(=O)N3CCCCC3)ccc21. The van der Waals surface area contributed by atoms with Crippen LogP contribution in [0.1, 0.15) is 35.2 Å². The van der Waals surface area contributed by atoms with Crippen LogP contribution in [0.2, 0.25) is 0 Å². The number of aliphatic carboxylic acids is 1. The number of carbonyl (C=O) groups is 2. The summed E-state index contributed by atoms with van der Waals surface area (Å²) in [7, 11) is 0. The number of hydrogen-bond donors (Lipinski definition) is 1. The van der Waals surface area contributed by atoms with Crippen molar-refractivity contribution in [3.05, 3.63) is 53.1 Å². The molecule has 4 rings (SSSR count). The topological polar surface area (TPSA) is 60.9 Å². The minimum absolute atomic E-state index is 0.118. The van der Waals surface area contributed by atoms with Crippen molar-refractivity contribution in [2.45, 2.75) is 31.7 Å². The predicted molar refractivity (Wildman–Crippen MR) is 95.9 cm³/mol. The van der Waals surface area contributed by atoms with E-state index in [4.69, 9.17) is 0 Å². The molecule has 0 radical (unpaired) electrons. The first-order valence-electron chi connectivity index (χ1n) is 8.95. The summed E-state index contributed by atoms with van der Waals surface area (Å²) in [5.41, 5.74) is 3.33. The molecule has 1 saturated heterocycles. The van der Waals surface area contributed by atoms with Crippen LogP contribution in [0.3, 0.4) is 0 Å². The third-order valence-electron chi connectivity index (χ3n) is 5.37. The van der Waals surface area contributed by atoms with Gasteiger partial charge in [0, 0.05) is 30.9 Å². The molecular formula is C20H22N2O3. The fourth-order valence-electron chi connectivity index (χ4n) is 4.07. The predicted octanol–water partition coefficient (Wildman–Crippen LogP) is 2.62. The molecule has 1 N–H and O–H groups in total. The van der Waals surface area contributed by atoms with Crippen LogP contribution in [0.25, 0.3) is 0 Å². The Bertz CT molecular complexity index is 775. The van der Waals surface area contributed by atoms with E-state index in [1.807, 2.05) is 29.2 Å². The van der Waals surface area contributed by atoms with Crippen LogP contribution in [-0.2, 0) is 11.2 Å². The fraction of sp³-hybridized carbons (Fsp3) is 0.400. The van der Waals surface area contributed by atoms with Gasteiger partial charge in [-0.15, -0.1) is 0 Å². The monoisotopic (exact) mass is 338 g/mol. The fourth-order valence-corrected chi connectivity index (χ4v) is 4.07. The lowest BCUT2D eigenvalue weighted by molar-refractivity contribution is -0.132. The summed E-state index contributed by atoms with van der Waals surface area (Å²) in [6.07, 6.45) is 9.61. The van der Waals surface area contributed by atoms with E-state index in [0.717, 1.165) is 55.7 Å². The number of benzene rings is 1. The Labute approximate surface area is 147 Å². The molecule has 130 valence electrons. The lowest BCUT2D eigenvalue weighted by atomic mass is 10.0. The lowest BCUT2D eigenvalue weighted by Gasteiger charge is -2.28. The maximum absolute atomic E-state index is 12.7. The lowest BCUT2D eigenvalue weighted by Crippen LogP contribution is -2.36. The summed E-state index contributed by atoms with van der Waals surface area (Å²) in [4.78, 5) is 28.2. The van der Waals surface area contributed by atoms with E-state index < -0.39 is 5.97 Å². The average molecular weight is 338 g/mol. The van der Waals surface area contributed by atoms with Crippen molar-refractivity contribution in [1.29, 1.82) is 0 Å². The number of carboxylic acid groups (broad SMARTS) is 1. The molecule has 1 aromatic carbocycles. The molecule has 1 unspecified atom stereocenters. The van der Waals surface area contributed by atoms with Gasteiger partial charge in [-0.1, -0.05) is 12.2 Å². The molecule has 0 aromatic heterocycles. The van der Waals surface area contributed by atoms with Crippen LogP contribution in [0.4, 0.5) is 5.69 Å². The van der Waals surface area contributed by atoms with E-state index >= 15 is 0 Å². The number of carboxylic acids is 1. The van der Waals surface area contributed by atoms with Gasteiger partial charge < -0.3 is 14.9 Å². The van der Waals surface area contributed by atoms with E-state index in [1.165, 1.54) is 6.42 Å². The van der Waals surface area contributed by atoms with Crippen LogP contribution in [0.5, 0.6) is 0 Å². The highest BCUT2D eigenvalue weighted by atomic mass is 16.4. The third kappa shape index (κ3) is 2.84. The van der Waals surface area contributed by atoms with Crippen molar-refractivity contribution in [3.63, 3.8) is 0 Å². The second-order valence-electron chi connectivity index (χ2n) is 6.90. The van der Waals surface area contributed by atoms with Crippen molar-refractivity contribution < 1.29 is 14.7 Å². The Morgan fingerprint density at radius 3 is 2.64 bits per heavy atom. The molecule has 5 heteroatoms. The Hall–Kier alpha value is -2.56. The van der Waals surface area contributed by atoms with E-state index in [1.54, 1.807) is 12.2 Å². The van der Waals surface area contributed by atoms with Gasteiger partial charge >= 0.3 is 5.97 Å². The van der Waals surface area contributed by atoms with Gasteiger partial charge in [-0.05, 0) is 55.5 Å². The zero-order valence-corrected chi connectivity index (χ0v) is 14.1. The minimum atomic E-state index is -0.875. The number of rotatable bonds is 3. The van der Waals surface area contributed by atoms with E-state index in [2.05, 4.69) is 4.90 Å². The molecule has 1 fully saturated rings. The molecule has 1 amide bonds. The van der Waals surface area contributed by atoms with Gasteiger partial charge in [0.2, 0.25) is 0 Å². The summed E-state index contributed by atoms with van der Waals surface area (Å²) in [6, 6.07) is 5.64. The number of nitrogens with zero attached hydrogens (tertiary/aromatic N) is 2. The quantitative estimate of drug-likeness (QED) is 0.920. The summed E-state index contributed by atoms with van der Waals surface area (Å²) in [6.45, 7) is 2.47. The molecule has 1 aliphatic carbocycles. The second kappa shape index (κ2) is 6.39. The molecule has 1 atom stereocenters. The average Bonchev–Trinajstić information content (AvgIpc) is 3.27. The van der Waals surface area contributed by atoms with Crippen LogP contribution < -0.4 is 4.90 Å². The zero-order chi connectivity index (χ0) is 17.4. The second-order valence-corrected chi connectivity index (χ2v) is 6.90. The molecule has 2 heterocycles. The summed E-state index contributed by atoms with van der Waals surface area (Å²) in [5.74, 6) is -0.756. The number of fused-ring (bicyclic) bond motifs is 1. The molecule has 0 bridgehead atoms. The number of allylic oxidation sites excluding steroid dienone is 2. The molecule has 2 aliphatic heterocycles. The molecule has 5 nitrogen and oxygen atoms in total. The van der Waals surface area contributed by atoms with Gasteiger partial charge in [0.15, 0.2) is 0 Å². The maximum atomic E-state index is 12.7. The van der Waals surface area contributed by atoms with Crippen molar-refractivity contribution in [2.75, 3.05) is 24.5 Å². The van der Waals surface area contributed by atoms with Gasteiger partial charge in [-0.3, -0.25) is 4.79 Å². The number of carbonyl (C=O) groups excluding carboxylic acids is 1. The van der Waals surface area contributed by atoms with E-state index in [9.17, 15) is 14.7 Å². The number of likely N-dealkylation sites (tertiary alicyclic amines) is 1. The smallest absolute Gasteiger partial charge is 0.334 e. The number of amides is 1. The molecule has 3 aliphatic rings. The molecule has 0 spiro atoms. The number of piperidine rings is 1. The standard InChI is InChI=1S/C20H22N2O3/c23-19(21-10-2-1-3-11-21)15-7-8-17-14(13-15)9-12-22(17)18-6-4-5-16(18)20(24)25/h4-8,13,18H,1-3,9-12H2,(H,24,25). The highest BCUT2D eigenvalue weighted by molar-refractivity contribution is 5.95. The van der Waals surface area contributed by atoms with Gasteiger partial charge in [0.25, 0.3) is 5.91 Å². The largest absolute Gasteiger partial charge is 0.478 e. The summed E-state index contributed by atoms with van der Waals surface area (Å²) in [5, 5.41) is 9.37. The maximum Gasteiger partial charge on any atom is 0.334 e. The first kappa shape index (κ1) is 15.9. The summed E-state index contributed by atoms with van der Waals surface area (Å²) >= 11 is 0. The van der Waals surface area contributed by atoms with Crippen molar-refractivity contribution in [1.82, 2.24) is 4.90 Å². The Balaban J connectivity index is 1.56. The normalized spacial score (nSPS) is 22.1. The van der Waals surface area contributed by atoms with Crippen LogP contribution >= 0.6 is 0 Å². The van der Waals surface area contributed by atoms with Gasteiger partial charge in [0.1, 0.15) is 0 Å². The zero-order valence-electron chi connectivity index (χ0n) is 14.1. The first-order chi connectivity index (χ1) is 12.1. The summed E-state index contributed by atoms with van der Waals surface area (Å²) < 4.78 is 0. The van der Waals surface area contributed by atoms with E-state index in [-0.39, 0.29) is 11.9 Å². The van der Waals surface area contributed by atoms with Crippen LogP contribution in [-0.4, -0.2) is 47.6 Å². The Morgan fingerprint density at radius 1 is 1.08 bits per heavy atom. The van der Waals surface area contributed by atoms with Gasteiger partial charge in [-0.2, -0.15) is 0 Å². The minimum Gasteiger partial charge on any atom is -0.478 e.